The molecular weight excluding hydrogens is 356 g/mol. The van der Waals surface area contributed by atoms with E-state index in [1.807, 2.05) is 54.6 Å². The lowest BCUT2D eigenvalue weighted by Crippen LogP contribution is -2.55. The molecule has 2 aromatic carbocycles. The number of carbonyl (C=O) groups excluding carboxylic acids is 2. The molecule has 0 unspecified atom stereocenters. The second kappa shape index (κ2) is 9.37. The van der Waals surface area contributed by atoms with Crippen LogP contribution < -0.4 is 10.1 Å². The number of aliphatic hydroxyl groups is 1. The van der Waals surface area contributed by atoms with Crippen LogP contribution in [0.25, 0.3) is 0 Å². The van der Waals surface area contributed by atoms with Crippen LogP contribution in [0.2, 0.25) is 0 Å². The van der Waals surface area contributed by atoms with Crippen LogP contribution in [-0.2, 0) is 22.6 Å². The van der Waals surface area contributed by atoms with Crippen molar-refractivity contribution in [1.82, 2.24) is 10.2 Å². The lowest BCUT2D eigenvalue weighted by Gasteiger charge is -2.35. The fraction of sp³-hybridized carbons (Fsp3) is 0.364. The third kappa shape index (κ3) is 5.33. The number of hydrogen-bond donors (Lipinski definition) is 2. The highest BCUT2D eigenvalue weighted by Crippen LogP contribution is 2.20. The summed E-state index contributed by atoms with van der Waals surface area (Å²) in [6, 6.07) is 17.0. The van der Waals surface area contributed by atoms with E-state index >= 15 is 0 Å². The lowest BCUT2D eigenvalue weighted by molar-refractivity contribution is -0.133. The first kappa shape index (κ1) is 19.9. The van der Waals surface area contributed by atoms with Gasteiger partial charge in [-0.2, -0.15) is 0 Å². The Bertz CT molecular complexity index is 809. The van der Waals surface area contributed by atoms with E-state index in [-0.39, 0.29) is 30.8 Å². The average Bonchev–Trinajstić information content (AvgIpc) is 2.69. The largest absolute Gasteiger partial charge is 0.489 e. The Hall–Kier alpha value is -2.86. The average molecular weight is 382 g/mol. The Morgan fingerprint density at radius 2 is 1.86 bits per heavy atom. The lowest BCUT2D eigenvalue weighted by atomic mass is 10.0. The van der Waals surface area contributed by atoms with Gasteiger partial charge in [0.25, 0.3) is 0 Å². The Morgan fingerprint density at radius 1 is 1.14 bits per heavy atom. The molecular formula is C22H26N2O4. The molecule has 0 spiro atoms. The Balaban J connectivity index is 1.56. The number of hydrogen-bond acceptors (Lipinski definition) is 4. The molecule has 1 fully saturated rings. The number of aliphatic hydroxyl groups excluding tert-OH is 1. The number of β-amino-alcohol motifs (C(OH)–C–C–N with tert-alkyl or cyclic N) is 1. The molecule has 6 nitrogen and oxygen atoms in total. The maximum Gasteiger partial charge on any atom is 0.224 e. The second-order valence-corrected chi connectivity index (χ2v) is 7.05. The summed E-state index contributed by atoms with van der Waals surface area (Å²) in [5.41, 5.74) is 1.86. The van der Waals surface area contributed by atoms with Crippen molar-refractivity contribution in [2.45, 2.75) is 38.5 Å². The number of benzene rings is 2. The molecule has 6 heteroatoms. The molecule has 1 aliphatic heterocycles. The van der Waals surface area contributed by atoms with Crippen molar-refractivity contribution in [2.24, 2.45) is 0 Å². The number of ether oxygens (including phenoxy) is 1. The summed E-state index contributed by atoms with van der Waals surface area (Å²) in [6.07, 6.45) is -0.0466. The normalized spacial score (nSPS) is 19.1. The minimum Gasteiger partial charge on any atom is -0.489 e. The van der Waals surface area contributed by atoms with Crippen LogP contribution in [0.1, 0.15) is 24.5 Å². The summed E-state index contributed by atoms with van der Waals surface area (Å²) in [5, 5.41) is 13.1. The van der Waals surface area contributed by atoms with Crippen molar-refractivity contribution in [2.75, 3.05) is 13.1 Å². The number of carbonyl (C=O) groups is 2. The van der Waals surface area contributed by atoms with Gasteiger partial charge in [-0.05, 0) is 18.1 Å². The summed E-state index contributed by atoms with van der Waals surface area (Å²) < 4.78 is 5.90. The molecule has 2 N–H and O–H groups in total. The SMILES string of the molecule is CC(=O)N1CC[C@@H](NC(=O)Cc2ccccc2OCc2ccccc2)[C@H](O)C1. The first-order valence-corrected chi connectivity index (χ1v) is 9.50. The van der Waals surface area contributed by atoms with E-state index in [9.17, 15) is 14.7 Å². The Morgan fingerprint density at radius 3 is 2.57 bits per heavy atom. The number of piperidine rings is 1. The van der Waals surface area contributed by atoms with Crippen LogP contribution in [0, 0.1) is 0 Å². The molecule has 1 aliphatic rings. The van der Waals surface area contributed by atoms with Gasteiger partial charge in [-0.3, -0.25) is 9.59 Å². The number of rotatable bonds is 6. The van der Waals surface area contributed by atoms with E-state index in [1.54, 1.807) is 4.90 Å². The van der Waals surface area contributed by atoms with E-state index in [0.29, 0.717) is 25.3 Å². The highest BCUT2D eigenvalue weighted by molar-refractivity contribution is 5.79. The van der Waals surface area contributed by atoms with E-state index in [1.165, 1.54) is 6.92 Å². The van der Waals surface area contributed by atoms with Crippen molar-refractivity contribution in [3.63, 3.8) is 0 Å². The van der Waals surface area contributed by atoms with E-state index in [2.05, 4.69) is 5.32 Å². The quantitative estimate of drug-likeness (QED) is 0.800. The molecule has 1 heterocycles. The predicted molar refractivity (Wildman–Crippen MR) is 106 cm³/mol. The molecule has 148 valence electrons. The van der Waals surface area contributed by atoms with Crippen LogP contribution in [0.5, 0.6) is 5.75 Å². The van der Waals surface area contributed by atoms with Gasteiger partial charge < -0.3 is 20.1 Å². The summed E-state index contributed by atoms with van der Waals surface area (Å²) in [6.45, 7) is 2.70. The molecule has 28 heavy (non-hydrogen) atoms. The summed E-state index contributed by atoms with van der Waals surface area (Å²) in [7, 11) is 0. The molecule has 2 aromatic rings. The first-order valence-electron chi connectivity index (χ1n) is 9.50. The van der Waals surface area contributed by atoms with Crippen molar-refractivity contribution >= 4 is 11.8 Å². The number of para-hydroxylation sites is 1. The number of amides is 2. The van der Waals surface area contributed by atoms with Gasteiger partial charge >= 0.3 is 0 Å². The molecule has 0 bridgehead atoms. The molecule has 0 saturated carbocycles. The van der Waals surface area contributed by atoms with Gasteiger partial charge in [0, 0.05) is 25.6 Å². The molecule has 0 aliphatic carbocycles. The van der Waals surface area contributed by atoms with Crippen molar-refractivity contribution in [1.29, 1.82) is 0 Å². The highest BCUT2D eigenvalue weighted by Gasteiger charge is 2.29. The van der Waals surface area contributed by atoms with Crippen molar-refractivity contribution in [3.8, 4) is 5.75 Å². The first-order chi connectivity index (χ1) is 13.5. The zero-order valence-electron chi connectivity index (χ0n) is 16.0. The van der Waals surface area contributed by atoms with E-state index in [0.717, 1.165) is 11.1 Å². The third-order valence-corrected chi connectivity index (χ3v) is 4.93. The molecule has 2 amide bonds. The Labute approximate surface area is 165 Å². The van der Waals surface area contributed by atoms with Crippen molar-refractivity contribution < 1.29 is 19.4 Å². The minimum atomic E-state index is -0.758. The maximum atomic E-state index is 12.5. The van der Waals surface area contributed by atoms with Gasteiger partial charge in [0.1, 0.15) is 12.4 Å². The molecule has 0 radical (unpaired) electrons. The van der Waals surface area contributed by atoms with Crippen LogP contribution in [0.15, 0.2) is 54.6 Å². The monoisotopic (exact) mass is 382 g/mol. The van der Waals surface area contributed by atoms with E-state index in [4.69, 9.17) is 4.74 Å². The predicted octanol–water partition coefficient (Wildman–Crippen LogP) is 1.91. The summed E-state index contributed by atoms with van der Waals surface area (Å²) in [4.78, 5) is 25.5. The smallest absolute Gasteiger partial charge is 0.224 e. The van der Waals surface area contributed by atoms with Crippen molar-refractivity contribution in [3.05, 3.63) is 65.7 Å². The maximum absolute atomic E-state index is 12.5. The number of likely N-dealkylation sites (tertiary alicyclic amines) is 1. The minimum absolute atomic E-state index is 0.0617. The fourth-order valence-corrected chi connectivity index (χ4v) is 3.34. The van der Waals surface area contributed by atoms with Gasteiger partial charge in [-0.25, -0.2) is 0 Å². The topological polar surface area (TPSA) is 78.9 Å². The van der Waals surface area contributed by atoms with Crippen LogP contribution in [0.3, 0.4) is 0 Å². The van der Waals surface area contributed by atoms with Gasteiger partial charge in [-0.1, -0.05) is 48.5 Å². The van der Waals surface area contributed by atoms with Gasteiger partial charge in [0.15, 0.2) is 0 Å². The van der Waals surface area contributed by atoms with Gasteiger partial charge in [-0.15, -0.1) is 0 Å². The number of nitrogens with zero attached hydrogens (tertiary/aromatic N) is 1. The highest BCUT2D eigenvalue weighted by atomic mass is 16.5. The van der Waals surface area contributed by atoms with Gasteiger partial charge in [0.2, 0.25) is 11.8 Å². The second-order valence-electron chi connectivity index (χ2n) is 7.05. The van der Waals surface area contributed by atoms with Crippen LogP contribution >= 0.6 is 0 Å². The molecule has 2 atom stereocenters. The third-order valence-electron chi connectivity index (χ3n) is 4.93. The number of nitrogens with one attached hydrogen (secondary N) is 1. The molecule has 3 rings (SSSR count). The standard InChI is InChI=1S/C22H26N2O4/c1-16(25)24-12-11-19(20(26)14-24)23-22(27)13-18-9-5-6-10-21(18)28-15-17-7-3-2-4-8-17/h2-10,19-20,26H,11-15H2,1H3,(H,23,27)/t19-,20-/m1/s1. The van der Waals surface area contributed by atoms with Crippen LogP contribution in [0.4, 0.5) is 0 Å². The van der Waals surface area contributed by atoms with Crippen LogP contribution in [-0.4, -0.2) is 47.1 Å². The Kier molecular flexibility index (Phi) is 6.66. The van der Waals surface area contributed by atoms with Gasteiger partial charge in [0.05, 0.1) is 18.6 Å². The summed E-state index contributed by atoms with van der Waals surface area (Å²) >= 11 is 0. The molecule has 1 saturated heterocycles. The zero-order valence-corrected chi connectivity index (χ0v) is 16.0. The fourth-order valence-electron chi connectivity index (χ4n) is 3.34. The zero-order chi connectivity index (χ0) is 19.9. The summed E-state index contributed by atoms with van der Waals surface area (Å²) in [5.74, 6) is 0.442. The van der Waals surface area contributed by atoms with E-state index < -0.39 is 6.10 Å². The molecule has 0 aromatic heterocycles.